The molecule has 2 aromatic carbocycles. The van der Waals surface area contributed by atoms with Crippen molar-refractivity contribution in [1.82, 2.24) is 4.72 Å². The van der Waals surface area contributed by atoms with Crippen molar-refractivity contribution in [3.05, 3.63) is 48.0 Å². The molecular formula is C19H22N2O7S2. The van der Waals surface area contributed by atoms with Gasteiger partial charge in [0.2, 0.25) is 26.0 Å². The maximum absolute atomic E-state index is 12.8. The van der Waals surface area contributed by atoms with E-state index in [1.54, 1.807) is 19.2 Å². The van der Waals surface area contributed by atoms with Crippen LogP contribution >= 0.6 is 0 Å². The second-order valence-electron chi connectivity index (χ2n) is 6.56. The quantitative estimate of drug-likeness (QED) is 0.638. The number of sulfonamides is 2. The van der Waals surface area contributed by atoms with E-state index in [0.29, 0.717) is 16.5 Å². The zero-order valence-electron chi connectivity index (χ0n) is 16.5. The van der Waals surface area contributed by atoms with Crippen LogP contribution < -0.4 is 18.5 Å². The highest BCUT2D eigenvalue weighted by atomic mass is 32.2. The van der Waals surface area contributed by atoms with E-state index in [1.165, 1.54) is 19.2 Å². The van der Waals surface area contributed by atoms with Gasteiger partial charge in [-0.1, -0.05) is 12.1 Å². The van der Waals surface area contributed by atoms with Gasteiger partial charge in [-0.15, -0.1) is 0 Å². The first kappa shape index (κ1) is 22.1. The molecule has 1 aliphatic heterocycles. The molecule has 1 fully saturated rings. The van der Waals surface area contributed by atoms with E-state index in [1.807, 2.05) is 12.1 Å². The maximum Gasteiger partial charge on any atom is 0.244 e. The molecule has 162 valence electrons. The summed E-state index contributed by atoms with van der Waals surface area (Å²) >= 11 is 0. The summed E-state index contributed by atoms with van der Waals surface area (Å²) in [5.74, 6) is -0.164. The summed E-state index contributed by atoms with van der Waals surface area (Å²) in [7, 11) is -4.97. The molecule has 1 aliphatic rings. The van der Waals surface area contributed by atoms with Crippen LogP contribution in [0.3, 0.4) is 0 Å². The third kappa shape index (κ3) is 4.58. The molecule has 9 nitrogen and oxygen atoms in total. The zero-order chi connectivity index (χ0) is 21.9. The van der Waals surface area contributed by atoms with E-state index in [4.69, 9.17) is 9.47 Å². The minimum atomic E-state index is -4.03. The van der Waals surface area contributed by atoms with Gasteiger partial charge in [0.05, 0.1) is 25.7 Å². The molecule has 0 saturated carbocycles. The molecule has 0 spiro atoms. The van der Waals surface area contributed by atoms with E-state index in [0.717, 1.165) is 11.6 Å². The van der Waals surface area contributed by atoms with Crippen molar-refractivity contribution in [2.24, 2.45) is 0 Å². The van der Waals surface area contributed by atoms with Crippen molar-refractivity contribution in [2.75, 3.05) is 30.8 Å². The monoisotopic (exact) mass is 454 g/mol. The van der Waals surface area contributed by atoms with Gasteiger partial charge in [-0.25, -0.2) is 25.9 Å². The Morgan fingerprint density at radius 3 is 2.33 bits per heavy atom. The standard InChI is InChI=1S/C19H22N2O7S2/c1-27-16-6-3-14(4-7-16)9-11-20-30(25,26)18-13-15(5-8-17(18)28-2)21-19(22)10-12-29(21,23)24/h3-8,13,20H,9-12H2,1-2H3. The molecule has 0 atom stereocenters. The first-order valence-corrected chi connectivity index (χ1v) is 12.1. The van der Waals surface area contributed by atoms with Gasteiger partial charge in [0, 0.05) is 13.0 Å². The number of hydrogen-bond acceptors (Lipinski definition) is 7. The Labute approximate surface area is 175 Å². The molecule has 0 aromatic heterocycles. The Morgan fingerprint density at radius 2 is 1.77 bits per heavy atom. The summed E-state index contributed by atoms with van der Waals surface area (Å²) < 4.78 is 63.4. The lowest BCUT2D eigenvalue weighted by atomic mass is 10.1. The van der Waals surface area contributed by atoms with E-state index in [-0.39, 0.29) is 35.1 Å². The molecule has 1 heterocycles. The number of hydrogen-bond donors (Lipinski definition) is 1. The number of carbonyl (C=O) groups is 1. The van der Waals surface area contributed by atoms with E-state index >= 15 is 0 Å². The van der Waals surface area contributed by atoms with E-state index < -0.39 is 26.0 Å². The van der Waals surface area contributed by atoms with Crippen molar-refractivity contribution in [1.29, 1.82) is 0 Å². The Morgan fingerprint density at radius 1 is 1.07 bits per heavy atom. The van der Waals surface area contributed by atoms with Crippen molar-refractivity contribution in [3.63, 3.8) is 0 Å². The van der Waals surface area contributed by atoms with Crippen LogP contribution in [0.2, 0.25) is 0 Å². The van der Waals surface area contributed by atoms with Crippen molar-refractivity contribution in [3.8, 4) is 11.5 Å². The molecule has 30 heavy (non-hydrogen) atoms. The van der Waals surface area contributed by atoms with Gasteiger partial charge in [0.25, 0.3) is 0 Å². The number of nitrogens with one attached hydrogen (secondary N) is 1. The minimum absolute atomic E-state index is 0.0335. The molecule has 1 amide bonds. The van der Waals surface area contributed by atoms with Crippen molar-refractivity contribution in [2.45, 2.75) is 17.7 Å². The van der Waals surface area contributed by atoms with Crippen molar-refractivity contribution < 1.29 is 31.1 Å². The molecule has 0 aliphatic carbocycles. The smallest absolute Gasteiger partial charge is 0.244 e. The fourth-order valence-electron chi connectivity index (χ4n) is 3.07. The third-order valence-electron chi connectivity index (χ3n) is 4.61. The van der Waals surface area contributed by atoms with Gasteiger partial charge < -0.3 is 9.47 Å². The van der Waals surface area contributed by atoms with Gasteiger partial charge in [-0.3, -0.25) is 4.79 Å². The highest BCUT2D eigenvalue weighted by Gasteiger charge is 2.37. The average Bonchev–Trinajstić information content (AvgIpc) is 3.00. The number of methoxy groups -OCH3 is 2. The molecule has 0 bridgehead atoms. The van der Waals surface area contributed by atoms with Crippen LogP contribution in [0, 0.1) is 0 Å². The highest BCUT2D eigenvalue weighted by Crippen LogP contribution is 2.32. The third-order valence-corrected chi connectivity index (χ3v) is 7.79. The SMILES string of the molecule is COc1ccc(CCNS(=O)(=O)c2cc(N3C(=O)CCS3(=O)=O)ccc2OC)cc1. The molecular weight excluding hydrogens is 432 g/mol. The topological polar surface area (TPSA) is 119 Å². The molecule has 11 heteroatoms. The number of nitrogens with zero attached hydrogens (tertiary/aromatic N) is 1. The summed E-state index contributed by atoms with van der Waals surface area (Å²) in [5.41, 5.74) is 0.877. The average molecular weight is 455 g/mol. The fraction of sp³-hybridized carbons (Fsp3) is 0.316. The molecule has 3 rings (SSSR count). The molecule has 0 unspecified atom stereocenters. The van der Waals surface area contributed by atoms with Crippen LogP contribution in [0.4, 0.5) is 5.69 Å². The van der Waals surface area contributed by atoms with Gasteiger partial charge in [0.1, 0.15) is 16.4 Å². The van der Waals surface area contributed by atoms with Crippen LogP contribution in [0.1, 0.15) is 12.0 Å². The normalized spacial score (nSPS) is 15.9. The van der Waals surface area contributed by atoms with Gasteiger partial charge in [-0.05, 0) is 42.3 Å². The number of ether oxygens (including phenoxy) is 2. The van der Waals surface area contributed by atoms with Gasteiger partial charge in [0.15, 0.2) is 0 Å². The first-order valence-electron chi connectivity index (χ1n) is 9.04. The summed E-state index contributed by atoms with van der Waals surface area (Å²) in [4.78, 5) is 11.8. The summed E-state index contributed by atoms with van der Waals surface area (Å²) in [6.45, 7) is 0.114. The Kier molecular flexibility index (Phi) is 6.34. The molecule has 2 aromatic rings. The number of amides is 1. The lowest BCUT2D eigenvalue weighted by molar-refractivity contribution is -0.116. The Balaban J connectivity index is 1.82. The highest BCUT2D eigenvalue weighted by molar-refractivity contribution is 7.94. The van der Waals surface area contributed by atoms with Crippen LogP contribution in [-0.4, -0.2) is 49.3 Å². The minimum Gasteiger partial charge on any atom is -0.497 e. The lowest BCUT2D eigenvalue weighted by Crippen LogP contribution is -2.30. The summed E-state index contributed by atoms with van der Waals surface area (Å²) in [6.07, 6.45) is 0.292. The summed E-state index contributed by atoms with van der Waals surface area (Å²) in [5, 5.41) is 0. The predicted molar refractivity (Wildman–Crippen MR) is 111 cm³/mol. The second-order valence-corrected chi connectivity index (χ2v) is 10.2. The van der Waals surface area contributed by atoms with E-state index in [2.05, 4.69) is 4.72 Å². The Hall–Kier alpha value is -2.63. The number of rotatable bonds is 8. The first-order chi connectivity index (χ1) is 14.2. The predicted octanol–water partition coefficient (Wildman–Crippen LogP) is 1.29. The number of carbonyl (C=O) groups excluding carboxylic acids is 1. The zero-order valence-corrected chi connectivity index (χ0v) is 18.1. The molecule has 0 radical (unpaired) electrons. The van der Waals surface area contributed by atoms with Crippen LogP contribution in [-0.2, 0) is 31.3 Å². The largest absolute Gasteiger partial charge is 0.497 e. The van der Waals surface area contributed by atoms with E-state index in [9.17, 15) is 21.6 Å². The maximum atomic E-state index is 12.8. The second kappa shape index (κ2) is 8.62. The van der Waals surface area contributed by atoms with Gasteiger partial charge in [-0.2, -0.15) is 0 Å². The lowest BCUT2D eigenvalue weighted by Gasteiger charge is -2.18. The van der Waals surface area contributed by atoms with Crippen LogP contribution in [0.25, 0.3) is 0 Å². The van der Waals surface area contributed by atoms with Gasteiger partial charge >= 0.3 is 0 Å². The Bertz CT molecular complexity index is 1140. The molecule has 1 N–H and O–H groups in total. The number of benzene rings is 2. The number of anilines is 1. The molecule has 1 saturated heterocycles. The fourth-order valence-corrected chi connectivity index (χ4v) is 5.74. The summed E-state index contributed by atoms with van der Waals surface area (Å²) in [6, 6.07) is 11.0. The van der Waals surface area contributed by atoms with Crippen LogP contribution in [0.5, 0.6) is 11.5 Å². The van der Waals surface area contributed by atoms with Crippen LogP contribution in [0.15, 0.2) is 47.4 Å². The van der Waals surface area contributed by atoms with Crippen molar-refractivity contribution >= 4 is 31.6 Å².